The maximum absolute atomic E-state index is 3.55. The van der Waals surface area contributed by atoms with Crippen LogP contribution in [0.4, 0.5) is 5.69 Å². The number of halogens is 1. The number of thiophene rings is 1. The standard InChI is InChI=1S/C17H14BrNS/c18-16-8-4-5-9-17(16)19-11-15-10-14(12-20-15)13-6-2-1-3-7-13/h1-10,12,19H,11H2. The molecule has 0 fully saturated rings. The maximum atomic E-state index is 3.55. The molecule has 0 atom stereocenters. The van der Waals surface area contributed by atoms with Crippen molar-refractivity contribution in [1.29, 1.82) is 0 Å². The van der Waals surface area contributed by atoms with Crippen molar-refractivity contribution in [3.8, 4) is 11.1 Å². The zero-order valence-electron chi connectivity index (χ0n) is 10.8. The molecule has 0 amide bonds. The highest BCUT2D eigenvalue weighted by Gasteiger charge is 2.03. The van der Waals surface area contributed by atoms with Gasteiger partial charge < -0.3 is 5.32 Å². The number of anilines is 1. The van der Waals surface area contributed by atoms with E-state index in [-0.39, 0.29) is 0 Å². The van der Waals surface area contributed by atoms with Crippen LogP contribution in [0.15, 0.2) is 70.5 Å². The second-order valence-electron chi connectivity index (χ2n) is 4.50. The van der Waals surface area contributed by atoms with Crippen molar-refractivity contribution in [2.24, 2.45) is 0 Å². The van der Waals surface area contributed by atoms with Gasteiger partial charge in [-0.05, 0) is 50.6 Å². The third kappa shape index (κ3) is 3.11. The van der Waals surface area contributed by atoms with Gasteiger partial charge in [0.1, 0.15) is 0 Å². The Balaban J connectivity index is 1.71. The van der Waals surface area contributed by atoms with Gasteiger partial charge in [0, 0.05) is 21.6 Å². The van der Waals surface area contributed by atoms with Gasteiger partial charge >= 0.3 is 0 Å². The molecule has 0 aliphatic carbocycles. The summed E-state index contributed by atoms with van der Waals surface area (Å²) in [6.45, 7) is 0.847. The lowest BCUT2D eigenvalue weighted by atomic mass is 10.1. The Bertz CT molecular complexity index is 691. The van der Waals surface area contributed by atoms with E-state index in [1.807, 2.05) is 24.3 Å². The van der Waals surface area contributed by atoms with E-state index in [1.165, 1.54) is 16.0 Å². The maximum Gasteiger partial charge on any atom is 0.0494 e. The average molecular weight is 344 g/mol. The highest BCUT2D eigenvalue weighted by Crippen LogP contribution is 2.27. The first-order chi connectivity index (χ1) is 9.83. The van der Waals surface area contributed by atoms with E-state index in [0.29, 0.717) is 0 Å². The van der Waals surface area contributed by atoms with Crippen LogP contribution >= 0.6 is 27.3 Å². The predicted octanol–water partition coefficient (Wildman–Crippen LogP) is 5.79. The minimum atomic E-state index is 0.847. The van der Waals surface area contributed by atoms with Crippen molar-refractivity contribution in [3.05, 3.63) is 75.4 Å². The summed E-state index contributed by atoms with van der Waals surface area (Å²) < 4.78 is 1.10. The normalized spacial score (nSPS) is 10.4. The highest BCUT2D eigenvalue weighted by molar-refractivity contribution is 9.10. The minimum absolute atomic E-state index is 0.847. The fraction of sp³-hybridized carbons (Fsp3) is 0.0588. The second-order valence-corrected chi connectivity index (χ2v) is 6.35. The van der Waals surface area contributed by atoms with Crippen molar-refractivity contribution in [2.45, 2.75) is 6.54 Å². The van der Waals surface area contributed by atoms with E-state index in [9.17, 15) is 0 Å². The lowest BCUT2D eigenvalue weighted by Gasteiger charge is -2.06. The van der Waals surface area contributed by atoms with Crippen LogP contribution in [0.1, 0.15) is 4.88 Å². The minimum Gasteiger partial charge on any atom is -0.379 e. The quantitative estimate of drug-likeness (QED) is 0.632. The first kappa shape index (κ1) is 13.4. The lowest BCUT2D eigenvalue weighted by Crippen LogP contribution is -1.97. The number of rotatable bonds is 4. The average Bonchev–Trinajstić information content (AvgIpc) is 2.96. The molecule has 0 unspecified atom stereocenters. The molecule has 3 heteroatoms. The summed E-state index contributed by atoms with van der Waals surface area (Å²) in [7, 11) is 0. The lowest BCUT2D eigenvalue weighted by molar-refractivity contribution is 1.19. The van der Waals surface area contributed by atoms with Crippen LogP contribution in [0.3, 0.4) is 0 Å². The Labute approximate surface area is 131 Å². The number of hydrogen-bond acceptors (Lipinski definition) is 2. The molecule has 0 saturated carbocycles. The first-order valence-corrected chi connectivity index (χ1v) is 8.11. The molecule has 1 aromatic heterocycles. The van der Waals surface area contributed by atoms with Gasteiger partial charge in [-0.3, -0.25) is 0 Å². The van der Waals surface area contributed by atoms with Gasteiger partial charge in [0.2, 0.25) is 0 Å². The molecule has 1 N–H and O–H groups in total. The fourth-order valence-corrected chi connectivity index (χ4v) is 3.30. The molecule has 100 valence electrons. The molecule has 1 heterocycles. The van der Waals surface area contributed by atoms with Gasteiger partial charge in [-0.15, -0.1) is 11.3 Å². The summed E-state index contributed by atoms with van der Waals surface area (Å²) in [5.74, 6) is 0. The van der Waals surface area contributed by atoms with E-state index >= 15 is 0 Å². The summed E-state index contributed by atoms with van der Waals surface area (Å²) in [6, 6.07) is 20.9. The Hall–Kier alpha value is -1.58. The van der Waals surface area contributed by atoms with Crippen molar-refractivity contribution in [1.82, 2.24) is 0 Å². The molecule has 3 rings (SSSR count). The van der Waals surface area contributed by atoms with Gasteiger partial charge in [-0.1, -0.05) is 42.5 Å². The summed E-state index contributed by atoms with van der Waals surface area (Å²) in [5.41, 5.74) is 3.69. The van der Waals surface area contributed by atoms with Crippen LogP contribution in [0, 0.1) is 0 Å². The summed E-state index contributed by atoms with van der Waals surface area (Å²) in [4.78, 5) is 1.33. The highest BCUT2D eigenvalue weighted by atomic mass is 79.9. The van der Waals surface area contributed by atoms with E-state index in [2.05, 4.69) is 63.0 Å². The van der Waals surface area contributed by atoms with Crippen LogP contribution in [-0.4, -0.2) is 0 Å². The number of para-hydroxylation sites is 1. The van der Waals surface area contributed by atoms with Gasteiger partial charge in [0.05, 0.1) is 0 Å². The van der Waals surface area contributed by atoms with E-state index < -0.39 is 0 Å². The van der Waals surface area contributed by atoms with Crippen LogP contribution in [0.5, 0.6) is 0 Å². The smallest absolute Gasteiger partial charge is 0.0494 e. The molecule has 0 bridgehead atoms. The molecule has 3 aromatic rings. The SMILES string of the molecule is Brc1ccccc1NCc1cc(-c2ccccc2)cs1. The summed E-state index contributed by atoms with van der Waals surface area (Å²) >= 11 is 5.34. The van der Waals surface area contributed by atoms with E-state index in [4.69, 9.17) is 0 Å². The second kappa shape index (κ2) is 6.25. The molecule has 0 aliphatic rings. The van der Waals surface area contributed by atoms with Gasteiger partial charge in [-0.25, -0.2) is 0 Å². The van der Waals surface area contributed by atoms with E-state index in [1.54, 1.807) is 11.3 Å². The Kier molecular flexibility index (Phi) is 4.19. The summed E-state index contributed by atoms with van der Waals surface area (Å²) in [5, 5.41) is 5.67. The topological polar surface area (TPSA) is 12.0 Å². The first-order valence-electron chi connectivity index (χ1n) is 6.44. The number of hydrogen-bond donors (Lipinski definition) is 1. The van der Waals surface area contributed by atoms with Crippen molar-refractivity contribution >= 4 is 33.0 Å². The van der Waals surface area contributed by atoms with Crippen molar-refractivity contribution in [3.63, 3.8) is 0 Å². The van der Waals surface area contributed by atoms with Gasteiger partial charge in [0.25, 0.3) is 0 Å². The van der Waals surface area contributed by atoms with Gasteiger partial charge in [-0.2, -0.15) is 0 Å². The van der Waals surface area contributed by atoms with Crippen LogP contribution < -0.4 is 5.32 Å². The van der Waals surface area contributed by atoms with Gasteiger partial charge in [0.15, 0.2) is 0 Å². The zero-order valence-corrected chi connectivity index (χ0v) is 13.2. The molecular weight excluding hydrogens is 330 g/mol. The van der Waals surface area contributed by atoms with Crippen LogP contribution in [-0.2, 0) is 6.54 Å². The van der Waals surface area contributed by atoms with E-state index in [0.717, 1.165) is 16.7 Å². The third-order valence-electron chi connectivity index (χ3n) is 3.09. The fourth-order valence-electron chi connectivity index (χ4n) is 2.04. The molecule has 20 heavy (non-hydrogen) atoms. The number of nitrogens with one attached hydrogen (secondary N) is 1. The molecule has 0 spiro atoms. The van der Waals surface area contributed by atoms with Crippen molar-refractivity contribution < 1.29 is 0 Å². The molecule has 1 nitrogen and oxygen atoms in total. The Morgan fingerprint density at radius 2 is 1.65 bits per heavy atom. The monoisotopic (exact) mass is 343 g/mol. The Morgan fingerprint density at radius 1 is 0.900 bits per heavy atom. The molecule has 2 aromatic carbocycles. The van der Waals surface area contributed by atoms with Crippen LogP contribution in [0.25, 0.3) is 11.1 Å². The Morgan fingerprint density at radius 3 is 2.45 bits per heavy atom. The zero-order chi connectivity index (χ0) is 13.8. The van der Waals surface area contributed by atoms with Crippen LogP contribution in [0.2, 0.25) is 0 Å². The molecular formula is C17H14BrNS. The molecule has 0 aliphatic heterocycles. The molecule has 0 saturated heterocycles. The number of benzene rings is 2. The third-order valence-corrected chi connectivity index (χ3v) is 4.72. The van der Waals surface area contributed by atoms with Crippen molar-refractivity contribution in [2.75, 3.05) is 5.32 Å². The summed E-state index contributed by atoms with van der Waals surface area (Å²) in [6.07, 6.45) is 0. The molecule has 0 radical (unpaired) electrons. The predicted molar refractivity (Wildman–Crippen MR) is 91.2 cm³/mol. The largest absolute Gasteiger partial charge is 0.379 e.